The van der Waals surface area contributed by atoms with Crippen LogP contribution in [0.25, 0.3) is 0 Å². The number of hydrogen-bond acceptors (Lipinski definition) is 1. The number of hydrogen-bond donors (Lipinski definition) is 1. The van der Waals surface area contributed by atoms with Gasteiger partial charge in [0, 0.05) is 11.8 Å². The monoisotopic (exact) mass is 231 g/mol. The SMILES string of the molecule is CC(C)=CC(=O)Nc1ccc(C(C)(C)C)cc1. The fourth-order valence-electron chi connectivity index (χ4n) is 1.49. The number of carbonyl (C=O) groups is 1. The lowest BCUT2D eigenvalue weighted by molar-refractivity contribution is -0.111. The molecule has 1 aromatic carbocycles. The van der Waals surface area contributed by atoms with Crippen molar-refractivity contribution in [1.82, 2.24) is 0 Å². The number of amides is 1. The van der Waals surface area contributed by atoms with Crippen LogP contribution in [0.2, 0.25) is 0 Å². The summed E-state index contributed by atoms with van der Waals surface area (Å²) in [6.45, 7) is 10.3. The topological polar surface area (TPSA) is 29.1 Å². The van der Waals surface area contributed by atoms with Crippen LogP contribution in [-0.2, 0) is 10.2 Å². The second kappa shape index (κ2) is 5.17. The zero-order chi connectivity index (χ0) is 13.1. The predicted octanol–water partition coefficient (Wildman–Crippen LogP) is 3.89. The highest BCUT2D eigenvalue weighted by Crippen LogP contribution is 2.23. The smallest absolute Gasteiger partial charge is 0.248 e. The van der Waals surface area contributed by atoms with Gasteiger partial charge >= 0.3 is 0 Å². The molecule has 1 amide bonds. The Morgan fingerprint density at radius 3 is 2.06 bits per heavy atom. The van der Waals surface area contributed by atoms with Crippen molar-refractivity contribution in [3.63, 3.8) is 0 Å². The Balaban J connectivity index is 2.76. The van der Waals surface area contributed by atoms with Crippen molar-refractivity contribution in [3.8, 4) is 0 Å². The van der Waals surface area contributed by atoms with E-state index in [0.29, 0.717) is 0 Å². The van der Waals surface area contributed by atoms with Gasteiger partial charge in [-0.1, -0.05) is 38.5 Å². The van der Waals surface area contributed by atoms with Crippen molar-refractivity contribution >= 4 is 11.6 Å². The summed E-state index contributed by atoms with van der Waals surface area (Å²) in [4.78, 5) is 11.5. The molecule has 2 heteroatoms. The summed E-state index contributed by atoms with van der Waals surface area (Å²) in [5.41, 5.74) is 3.23. The van der Waals surface area contributed by atoms with Gasteiger partial charge in [0.2, 0.25) is 5.91 Å². The molecule has 1 rings (SSSR count). The van der Waals surface area contributed by atoms with E-state index in [1.165, 1.54) is 5.56 Å². The Kier molecular flexibility index (Phi) is 4.11. The van der Waals surface area contributed by atoms with E-state index in [9.17, 15) is 4.79 Å². The van der Waals surface area contributed by atoms with Crippen molar-refractivity contribution in [3.05, 3.63) is 41.5 Å². The quantitative estimate of drug-likeness (QED) is 0.769. The molecule has 0 aliphatic heterocycles. The lowest BCUT2D eigenvalue weighted by Crippen LogP contribution is -2.12. The van der Waals surface area contributed by atoms with Crippen LogP contribution in [0.3, 0.4) is 0 Å². The molecule has 92 valence electrons. The Bertz CT molecular complexity index is 417. The molecule has 0 aromatic heterocycles. The molecule has 0 unspecified atom stereocenters. The van der Waals surface area contributed by atoms with Gasteiger partial charge in [0.1, 0.15) is 0 Å². The van der Waals surface area contributed by atoms with Crippen LogP contribution in [0.5, 0.6) is 0 Å². The highest BCUT2D eigenvalue weighted by Gasteiger charge is 2.12. The second-order valence-electron chi connectivity index (χ2n) is 5.54. The molecule has 0 heterocycles. The summed E-state index contributed by atoms with van der Waals surface area (Å²) in [6.07, 6.45) is 1.59. The summed E-state index contributed by atoms with van der Waals surface area (Å²) in [6, 6.07) is 7.99. The minimum atomic E-state index is -0.0755. The van der Waals surface area contributed by atoms with Crippen molar-refractivity contribution in [2.45, 2.75) is 40.0 Å². The molecule has 0 aliphatic rings. The average molecular weight is 231 g/mol. The van der Waals surface area contributed by atoms with Crippen LogP contribution in [0.1, 0.15) is 40.2 Å². The number of carbonyl (C=O) groups excluding carboxylic acids is 1. The average Bonchev–Trinajstić information content (AvgIpc) is 2.15. The van der Waals surface area contributed by atoms with E-state index in [1.54, 1.807) is 6.08 Å². The van der Waals surface area contributed by atoms with Gasteiger partial charge < -0.3 is 5.32 Å². The van der Waals surface area contributed by atoms with E-state index in [0.717, 1.165) is 11.3 Å². The third-order valence-electron chi connectivity index (χ3n) is 2.44. The van der Waals surface area contributed by atoms with E-state index in [1.807, 2.05) is 26.0 Å². The standard InChI is InChI=1S/C15H21NO/c1-11(2)10-14(17)16-13-8-6-12(7-9-13)15(3,4)5/h6-10H,1-5H3,(H,16,17). The van der Waals surface area contributed by atoms with Crippen LogP contribution >= 0.6 is 0 Å². The van der Waals surface area contributed by atoms with E-state index < -0.39 is 0 Å². The van der Waals surface area contributed by atoms with Crippen LogP contribution < -0.4 is 5.32 Å². The third-order valence-corrected chi connectivity index (χ3v) is 2.44. The molecular formula is C15H21NO. The van der Waals surface area contributed by atoms with Gasteiger partial charge in [-0.2, -0.15) is 0 Å². The molecule has 0 atom stereocenters. The maximum Gasteiger partial charge on any atom is 0.248 e. The lowest BCUT2D eigenvalue weighted by atomic mass is 9.87. The maximum absolute atomic E-state index is 11.5. The third kappa shape index (κ3) is 4.43. The number of benzene rings is 1. The lowest BCUT2D eigenvalue weighted by Gasteiger charge is -2.19. The van der Waals surface area contributed by atoms with Gasteiger partial charge in [-0.15, -0.1) is 0 Å². The Morgan fingerprint density at radius 2 is 1.65 bits per heavy atom. The molecule has 0 spiro atoms. The van der Waals surface area contributed by atoms with Crippen LogP contribution in [-0.4, -0.2) is 5.91 Å². The number of nitrogens with one attached hydrogen (secondary N) is 1. The molecule has 0 saturated carbocycles. The number of allylic oxidation sites excluding steroid dienone is 1. The fraction of sp³-hybridized carbons (Fsp3) is 0.400. The van der Waals surface area contributed by atoms with Gasteiger partial charge in [0.05, 0.1) is 0 Å². The molecule has 2 nitrogen and oxygen atoms in total. The molecule has 0 saturated heterocycles. The van der Waals surface area contributed by atoms with Crippen molar-refractivity contribution in [2.24, 2.45) is 0 Å². The van der Waals surface area contributed by atoms with E-state index in [4.69, 9.17) is 0 Å². The van der Waals surface area contributed by atoms with Crippen LogP contribution in [0, 0.1) is 0 Å². The van der Waals surface area contributed by atoms with Crippen molar-refractivity contribution in [2.75, 3.05) is 5.32 Å². The van der Waals surface area contributed by atoms with Gasteiger partial charge in [-0.25, -0.2) is 0 Å². The van der Waals surface area contributed by atoms with Gasteiger partial charge in [0.25, 0.3) is 0 Å². The van der Waals surface area contributed by atoms with E-state index in [-0.39, 0.29) is 11.3 Å². The molecule has 1 aromatic rings. The zero-order valence-electron chi connectivity index (χ0n) is 11.3. The van der Waals surface area contributed by atoms with Gasteiger partial charge in [0.15, 0.2) is 0 Å². The molecule has 0 aliphatic carbocycles. The summed E-state index contributed by atoms with van der Waals surface area (Å²) in [7, 11) is 0. The van der Waals surface area contributed by atoms with E-state index in [2.05, 4.69) is 38.2 Å². The van der Waals surface area contributed by atoms with Gasteiger partial charge in [-0.05, 0) is 37.0 Å². The van der Waals surface area contributed by atoms with Crippen LogP contribution in [0.15, 0.2) is 35.9 Å². The number of anilines is 1. The molecular weight excluding hydrogens is 210 g/mol. The van der Waals surface area contributed by atoms with Crippen molar-refractivity contribution < 1.29 is 4.79 Å². The summed E-state index contributed by atoms with van der Waals surface area (Å²) in [5, 5.41) is 2.84. The van der Waals surface area contributed by atoms with Crippen LogP contribution in [0.4, 0.5) is 5.69 Å². The molecule has 0 radical (unpaired) electrons. The Morgan fingerprint density at radius 1 is 1.12 bits per heavy atom. The summed E-state index contributed by atoms with van der Waals surface area (Å²) >= 11 is 0. The molecule has 1 N–H and O–H groups in total. The fourth-order valence-corrected chi connectivity index (χ4v) is 1.49. The molecule has 17 heavy (non-hydrogen) atoms. The first-order chi connectivity index (χ1) is 7.79. The maximum atomic E-state index is 11.5. The van der Waals surface area contributed by atoms with Crippen molar-refractivity contribution in [1.29, 1.82) is 0 Å². The zero-order valence-corrected chi connectivity index (χ0v) is 11.3. The van der Waals surface area contributed by atoms with E-state index >= 15 is 0 Å². The summed E-state index contributed by atoms with van der Waals surface area (Å²) < 4.78 is 0. The van der Waals surface area contributed by atoms with Gasteiger partial charge in [-0.3, -0.25) is 4.79 Å². The first-order valence-electron chi connectivity index (χ1n) is 5.85. The molecule has 0 fully saturated rings. The Labute approximate surface area is 104 Å². The first-order valence-corrected chi connectivity index (χ1v) is 5.85. The Hall–Kier alpha value is -1.57. The minimum Gasteiger partial charge on any atom is -0.323 e. The predicted molar refractivity (Wildman–Crippen MR) is 73.2 cm³/mol. The largest absolute Gasteiger partial charge is 0.323 e. The second-order valence-corrected chi connectivity index (χ2v) is 5.54. The highest BCUT2D eigenvalue weighted by molar-refractivity contribution is 5.99. The summed E-state index contributed by atoms with van der Waals surface area (Å²) in [5.74, 6) is -0.0755. The minimum absolute atomic E-state index is 0.0755. The highest BCUT2D eigenvalue weighted by atomic mass is 16.1. The first kappa shape index (κ1) is 13.5. The number of rotatable bonds is 2. The normalized spacial score (nSPS) is 10.9. The molecule has 0 bridgehead atoms.